The number of ether oxygens (including phenoxy) is 1. The highest BCUT2D eigenvalue weighted by molar-refractivity contribution is 5.95. The Morgan fingerprint density at radius 2 is 1.93 bits per heavy atom. The van der Waals surface area contributed by atoms with Crippen LogP contribution in [0.3, 0.4) is 0 Å². The first kappa shape index (κ1) is 21.2. The fourth-order valence-electron chi connectivity index (χ4n) is 3.12. The molecule has 160 valence electrons. The number of carbonyl (C=O) groups excluding carboxylic acids is 1. The maximum atomic E-state index is 12.3. The third-order valence-electron chi connectivity index (χ3n) is 4.72. The number of aromatic nitrogens is 2. The summed E-state index contributed by atoms with van der Waals surface area (Å²) in [6, 6.07) is 6.41. The third kappa shape index (κ3) is 4.90. The van der Waals surface area contributed by atoms with E-state index >= 15 is 0 Å². The zero-order chi connectivity index (χ0) is 21.5. The van der Waals surface area contributed by atoms with E-state index in [0.29, 0.717) is 44.0 Å². The normalized spacial score (nSPS) is 14.3. The summed E-state index contributed by atoms with van der Waals surface area (Å²) < 4.78 is 5.05. The van der Waals surface area contributed by atoms with Crippen molar-refractivity contribution < 1.29 is 19.6 Å². The Labute approximate surface area is 172 Å². The molecule has 0 saturated carbocycles. The topological polar surface area (TPSA) is 146 Å². The molecule has 12 heteroatoms. The number of nitrogens with one attached hydrogen (secondary N) is 2. The predicted octanol–water partition coefficient (Wildman–Crippen LogP) is 0.265. The number of hydrogen-bond donors (Lipinski definition) is 3. The lowest BCUT2D eigenvalue weighted by Gasteiger charge is -2.34. The molecule has 0 unspecified atom stereocenters. The molecular weight excluding hydrogens is 394 g/mol. The van der Waals surface area contributed by atoms with E-state index in [2.05, 4.69) is 25.7 Å². The largest absolute Gasteiger partial charge is 0.497 e. The molecule has 1 amide bonds. The summed E-state index contributed by atoms with van der Waals surface area (Å²) in [5, 5.41) is 20.8. The average molecular weight is 417 g/mol. The Balaban J connectivity index is 1.73. The lowest BCUT2D eigenvalue weighted by atomic mass is 10.2. The van der Waals surface area contributed by atoms with Gasteiger partial charge in [-0.2, -0.15) is 0 Å². The van der Waals surface area contributed by atoms with Crippen LogP contribution in [-0.2, 0) is 0 Å². The second kappa shape index (κ2) is 9.80. The van der Waals surface area contributed by atoms with Gasteiger partial charge >= 0.3 is 5.69 Å². The number of aliphatic hydroxyl groups excluding tert-OH is 1. The molecular formula is C18H23N7O5. The van der Waals surface area contributed by atoms with Crippen molar-refractivity contribution in [2.24, 2.45) is 0 Å². The summed E-state index contributed by atoms with van der Waals surface area (Å²) in [5.74, 6) is 0.198. The fourth-order valence-corrected chi connectivity index (χ4v) is 3.12. The maximum absolute atomic E-state index is 12.3. The van der Waals surface area contributed by atoms with Crippen LogP contribution < -0.4 is 20.5 Å². The Morgan fingerprint density at radius 1 is 1.23 bits per heavy atom. The lowest BCUT2D eigenvalue weighted by molar-refractivity contribution is -0.383. The van der Waals surface area contributed by atoms with Crippen molar-refractivity contribution in [1.29, 1.82) is 0 Å². The zero-order valence-corrected chi connectivity index (χ0v) is 16.4. The number of nitrogens with zero attached hydrogens (tertiary/aromatic N) is 5. The van der Waals surface area contributed by atoms with Crippen LogP contribution in [0.4, 0.5) is 17.3 Å². The second-order valence-electron chi connectivity index (χ2n) is 6.51. The van der Waals surface area contributed by atoms with Crippen LogP contribution in [-0.4, -0.2) is 77.2 Å². The van der Waals surface area contributed by atoms with Crippen LogP contribution in [0, 0.1) is 10.1 Å². The van der Waals surface area contributed by atoms with Crippen molar-refractivity contribution in [3.63, 3.8) is 0 Å². The van der Waals surface area contributed by atoms with Crippen molar-refractivity contribution in [2.75, 3.05) is 56.8 Å². The van der Waals surface area contributed by atoms with Gasteiger partial charge in [0.2, 0.25) is 11.6 Å². The monoisotopic (exact) mass is 417 g/mol. The number of methoxy groups -OCH3 is 1. The van der Waals surface area contributed by atoms with Crippen molar-refractivity contribution in [3.8, 4) is 5.75 Å². The Bertz CT molecular complexity index is 885. The minimum absolute atomic E-state index is 0.0651. The second-order valence-corrected chi connectivity index (χ2v) is 6.51. The summed E-state index contributed by atoms with van der Waals surface area (Å²) in [6.45, 7) is 2.97. The van der Waals surface area contributed by atoms with Gasteiger partial charge in [-0.05, 0) is 24.3 Å². The van der Waals surface area contributed by atoms with Crippen LogP contribution in [0.2, 0.25) is 0 Å². The quantitative estimate of drug-likeness (QED) is 0.404. The van der Waals surface area contributed by atoms with Crippen LogP contribution in [0.25, 0.3) is 0 Å². The molecule has 2 aromatic rings. The zero-order valence-electron chi connectivity index (χ0n) is 16.4. The van der Waals surface area contributed by atoms with Gasteiger partial charge in [-0.3, -0.25) is 30.7 Å². The van der Waals surface area contributed by atoms with Gasteiger partial charge in [-0.25, -0.2) is 9.97 Å². The van der Waals surface area contributed by atoms with Gasteiger partial charge in [-0.15, -0.1) is 0 Å². The van der Waals surface area contributed by atoms with Crippen molar-refractivity contribution >= 4 is 23.2 Å². The molecule has 30 heavy (non-hydrogen) atoms. The molecule has 0 radical (unpaired) electrons. The first-order chi connectivity index (χ1) is 14.5. The highest BCUT2D eigenvalue weighted by Crippen LogP contribution is 2.31. The number of carbonyl (C=O) groups is 1. The van der Waals surface area contributed by atoms with Gasteiger partial charge in [0.25, 0.3) is 5.91 Å². The number of piperazine rings is 1. The van der Waals surface area contributed by atoms with E-state index < -0.39 is 10.8 Å². The summed E-state index contributed by atoms with van der Waals surface area (Å²) in [4.78, 5) is 35.4. The Hall–Kier alpha value is -3.51. The van der Waals surface area contributed by atoms with E-state index in [1.165, 1.54) is 13.4 Å². The molecule has 1 saturated heterocycles. The molecule has 1 aliphatic rings. The standard InChI is InChI=1S/C18H23N7O5/c1-30-14-4-2-13(3-5-14)18(27)22-21-16-15(25(28)29)17(20-12-19-16)24-8-6-23(7-9-24)10-11-26/h2-5,12,26H,6-11H2,1H3,(H,22,27)(H,19,20,21). The van der Waals surface area contributed by atoms with Crippen molar-refractivity contribution in [3.05, 3.63) is 46.3 Å². The number of anilines is 2. The average Bonchev–Trinajstić information content (AvgIpc) is 2.78. The van der Waals surface area contributed by atoms with E-state index in [1.54, 1.807) is 29.2 Å². The maximum Gasteiger partial charge on any atom is 0.355 e. The predicted molar refractivity (Wildman–Crippen MR) is 109 cm³/mol. The van der Waals surface area contributed by atoms with Crippen molar-refractivity contribution in [2.45, 2.75) is 0 Å². The number of nitro groups is 1. The van der Waals surface area contributed by atoms with Crippen LogP contribution in [0.15, 0.2) is 30.6 Å². The number of amides is 1. The molecule has 1 aromatic heterocycles. The van der Waals surface area contributed by atoms with Gasteiger partial charge in [0.05, 0.1) is 18.6 Å². The van der Waals surface area contributed by atoms with E-state index in [-0.39, 0.29) is 23.9 Å². The van der Waals surface area contributed by atoms with Crippen molar-refractivity contribution in [1.82, 2.24) is 20.3 Å². The summed E-state index contributed by atoms with van der Waals surface area (Å²) in [7, 11) is 1.52. The molecule has 3 rings (SSSR count). The number of rotatable bonds is 8. The Morgan fingerprint density at radius 3 is 2.53 bits per heavy atom. The van der Waals surface area contributed by atoms with Gasteiger partial charge in [0.15, 0.2) is 0 Å². The van der Waals surface area contributed by atoms with Gasteiger partial charge < -0.3 is 14.7 Å². The first-order valence-electron chi connectivity index (χ1n) is 9.31. The molecule has 3 N–H and O–H groups in total. The summed E-state index contributed by atoms with van der Waals surface area (Å²) in [5.41, 5.74) is 4.99. The van der Waals surface area contributed by atoms with Crippen LogP contribution in [0.1, 0.15) is 10.4 Å². The summed E-state index contributed by atoms with van der Waals surface area (Å²) in [6.07, 6.45) is 1.21. The number of benzene rings is 1. The third-order valence-corrected chi connectivity index (χ3v) is 4.72. The van der Waals surface area contributed by atoms with Gasteiger partial charge in [0.1, 0.15) is 12.1 Å². The molecule has 1 aliphatic heterocycles. The number of hydrazine groups is 1. The minimum Gasteiger partial charge on any atom is -0.497 e. The number of β-amino-alcohol motifs (C(OH)–C–C–N with tert-alkyl or cyclic N) is 1. The highest BCUT2D eigenvalue weighted by atomic mass is 16.6. The van der Waals surface area contributed by atoms with Gasteiger partial charge in [0, 0.05) is 38.3 Å². The summed E-state index contributed by atoms with van der Waals surface area (Å²) >= 11 is 0. The first-order valence-corrected chi connectivity index (χ1v) is 9.31. The van der Waals surface area contributed by atoms with E-state index in [4.69, 9.17) is 9.84 Å². The van der Waals surface area contributed by atoms with E-state index in [0.717, 1.165) is 0 Å². The molecule has 1 fully saturated rings. The van der Waals surface area contributed by atoms with Crippen LogP contribution >= 0.6 is 0 Å². The van der Waals surface area contributed by atoms with Gasteiger partial charge in [-0.1, -0.05) is 0 Å². The number of hydrogen-bond acceptors (Lipinski definition) is 10. The molecule has 2 heterocycles. The molecule has 0 aliphatic carbocycles. The molecule has 1 aromatic carbocycles. The Kier molecular flexibility index (Phi) is 6.93. The smallest absolute Gasteiger partial charge is 0.355 e. The molecule has 12 nitrogen and oxygen atoms in total. The molecule has 0 spiro atoms. The SMILES string of the molecule is COc1ccc(C(=O)NNc2ncnc(N3CCN(CCO)CC3)c2[N+](=O)[O-])cc1. The van der Waals surface area contributed by atoms with E-state index in [9.17, 15) is 14.9 Å². The molecule has 0 atom stereocenters. The van der Waals surface area contributed by atoms with E-state index in [1.807, 2.05) is 0 Å². The molecule has 0 bridgehead atoms. The highest BCUT2D eigenvalue weighted by Gasteiger charge is 2.29. The number of aliphatic hydroxyl groups is 1. The lowest BCUT2D eigenvalue weighted by Crippen LogP contribution is -2.47. The fraction of sp³-hybridized carbons (Fsp3) is 0.389. The van der Waals surface area contributed by atoms with Crippen LogP contribution in [0.5, 0.6) is 5.75 Å². The minimum atomic E-state index is -0.572.